The fourth-order valence-corrected chi connectivity index (χ4v) is 3.43. The van der Waals surface area contributed by atoms with Gasteiger partial charge in [-0.25, -0.2) is 4.98 Å². The highest BCUT2D eigenvalue weighted by Crippen LogP contribution is 2.28. The summed E-state index contributed by atoms with van der Waals surface area (Å²) in [5.41, 5.74) is 8.64. The summed E-state index contributed by atoms with van der Waals surface area (Å²) in [4.78, 5) is 7.32. The highest BCUT2D eigenvalue weighted by molar-refractivity contribution is 5.86. The molecular formula is C23H28N2. The second-order valence-corrected chi connectivity index (χ2v) is 6.69. The van der Waals surface area contributed by atoms with Crippen molar-refractivity contribution in [2.45, 2.75) is 41.0 Å². The standard InChI is InChI=1S/C23H28N2/c1-6-18-15-22(24-23-14-17(5)16(4)13-21(18)23)19-9-11-20(12-10-19)25(7-2)8-3/h9-15H,6-8H2,1-5H3. The number of nitrogens with zero attached hydrogens (tertiary/aromatic N) is 2. The summed E-state index contributed by atoms with van der Waals surface area (Å²) in [6.45, 7) is 13.0. The van der Waals surface area contributed by atoms with Crippen LogP contribution in [0.15, 0.2) is 42.5 Å². The summed E-state index contributed by atoms with van der Waals surface area (Å²) in [6.07, 6.45) is 1.02. The van der Waals surface area contributed by atoms with E-state index in [0.717, 1.165) is 30.7 Å². The molecule has 2 nitrogen and oxygen atoms in total. The minimum atomic E-state index is 1.02. The lowest BCUT2D eigenvalue weighted by Crippen LogP contribution is -2.21. The van der Waals surface area contributed by atoms with Crippen LogP contribution in [0.4, 0.5) is 5.69 Å². The Bertz CT molecular complexity index is 875. The van der Waals surface area contributed by atoms with Gasteiger partial charge in [-0.15, -0.1) is 0 Å². The zero-order valence-electron chi connectivity index (χ0n) is 16.1. The van der Waals surface area contributed by atoms with E-state index in [-0.39, 0.29) is 0 Å². The molecule has 0 fully saturated rings. The number of pyridine rings is 1. The number of hydrogen-bond acceptors (Lipinski definition) is 2. The Balaban J connectivity index is 2.08. The molecule has 25 heavy (non-hydrogen) atoms. The second-order valence-electron chi connectivity index (χ2n) is 6.69. The molecule has 3 aromatic rings. The van der Waals surface area contributed by atoms with E-state index in [0.29, 0.717) is 0 Å². The molecule has 2 heteroatoms. The Kier molecular flexibility index (Phi) is 5.08. The fraction of sp³-hybridized carbons (Fsp3) is 0.348. The van der Waals surface area contributed by atoms with Crippen molar-refractivity contribution in [3.8, 4) is 11.3 Å². The van der Waals surface area contributed by atoms with Crippen LogP contribution in [0.2, 0.25) is 0 Å². The van der Waals surface area contributed by atoms with Crippen LogP contribution in [0.3, 0.4) is 0 Å². The van der Waals surface area contributed by atoms with Gasteiger partial charge in [0.2, 0.25) is 0 Å². The number of benzene rings is 2. The van der Waals surface area contributed by atoms with Gasteiger partial charge in [0.15, 0.2) is 0 Å². The van der Waals surface area contributed by atoms with Gasteiger partial charge in [-0.2, -0.15) is 0 Å². The van der Waals surface area contributed by atoms with E-state index in [1.807, 2.05) is 0 Å². The van der Waals surface area contributed by atoms with Crippen molar-refractivity contribution in [3.05, 3.63) is 59.2 Å². The highest BCUT2D eigenvalue weighted by atomic mass is 15.1. The van der Waals surface area contributed by atoms with Crippen molar-refractivity contribution in [3.63, 3.8) is 0 Å². The maximum Gasteiger partial charge on any atom is 0.0715 e. The summed E-state index contributed by atoms with van der Waals surface area (Å²) in [6, 6.07) is 15.6. The zero-order valence-corrected chi connectivity index (χ0v) is 16.1. The van der Waals surface area contributed by atoms with Gasteiger partial charge in [0, 0.05) is 29.7 Å². The van der Waals surface area contributed by atoms with E-state index >= 15 is 0 Å². The lowest BCUT2D eigenvalue weighted by molar-refractivity contribution is 0.866. The van der Waals surface area contributed by atoms with Crippen LogP contribution in [0, 0.1) is 13.8 Å². The number of aromatic nitrogens is 1. The number of anilines is 1. The third kappa shape index (κ3) is 3.39. The van der Waals surface area contributed by atoms with Gasteiger partial charge in [-0.05, 0) is 81.1 Å². The molecule has 0 aliphatic rings. The summed E-state index contributed by atoms with van der Waals surface area (Å²) in [5.74, 6) is 0. The first kappa shape index (κ1) is 17.5. The number of rotatable bonds is 5. The first-order valence-corrected chi connectivity index (χ1v) is 9.33. The molecule has 0 bridgehead atoms. The minimum absolute atomic E-state index is 1.02. The number of hydrogen-bond donors (Lipinski definition) is 0. The Morgan fingerprint density at radius 2 is 1.48 bits per heavy atom. The summed E-state index contributed by atoms with van der Waals surface area (Å²) < 4.78 is 0. The lowest BCUT2D eigenvalue weighted by Gasteiger charge is -2.21. The maximum atomic E-state index is 4.96. The van der Waals surface area contributed by atoms with Gasteiger partial charge in [-0.1, -0.05) is 19.1 Å². The van der Waals surface area contributed by atoms with Gasteiger partial charge in [0.25, 0.3) is 0 Å². The third-order valence-electron chi connectivity index (χ3n) is 5.18. The topological polar surface area (TPSA) is 16.1 Å². The molecule has 0 unspecified atom stereocenters. The second kappa shape index (κ2) is 7.26. The SMILES string of the molecule is CCc1cc(-c2ccc(N(CC)CC)cc2)nc2cc(C)c(C)cc12. The Hall–Kier alpha value is -2.35. The number of aryl methyl sites for hydroxylation is 3. The van der Waals surface area contributed by atoms with Crippen molar-refractivity contribution in [1.82, 2.24) is 4.98 Å². The molecule has 2 aromatic carbocycles. The summed E-state index contributed by atoms with van der Waals surface area (Å²) in [5, 5.41) is 1.29. The monoisotopic (exact) mass is 332 g/mol. The average Bonchev–Trinajstić information content (AvgIpc) is 2.63. The highest BCUT2D eigenvalue weighted by Gasteiger charge is 2.09. The predicted molar refractivity (Wildman–Crippen MR) is 110 cm³/mol. The molecule has 0 spiro atoms. The van der Waals surface area contributed by atoms with Crippen LogP contribution in [0.1, 0.15) is 37.5 Å². The van der Waals surface area contributed by atoms with Crippen molar-refractivity contribution >= 4 is 16.6 Å². The fourth-order valence-electron chi connectivity index (χ4n) is 3.43. The largest absolute Gasteiger partial charge is 0.372 e. The molecule has 0 N–H and O–H groups in total. The molecule has 1 aromatic heterocycles. The zero-order chi connectivity index (χ0) is 18.0. The van der Waals surface area contributed by atoms with E-state index in [1.165, 1.54) is 33.3 Å². The quantitative estimate of drug-likeness (QED) is 0.576. The Morgan fingerprint density at radius 1 is 0.840 bits per heavy atom. The molecular weight excluding hydrogens is 304 g/mol. The molecule has 0 aliphatic carbocycles. The minimum Gasteiger partial charge on any atom is -0.372 e. The van der Waals surface area contributed by atoms with E-state index in [4.69, 9.17) is 4.98 Å². The van der Waals surface area contributed by atoms with E-state index < -0.39 is 0 Å². The molecule has 0 saturated heterocycles. The van der Waals surface area contributed by atoms with E-state index in [2.05, 4.69) is 82.0 Å². The molecule has 0 amide bonds. The molecule has 1 heterocycles. The first-order chi connectivity index (χ1) is 12.1. The van der Waals surface area contributed by atoms with Crippen LogP contribution >= 0.6 is 0 Å². The predicted octanol–water partition coefficient (Wildman–Crippen LogP) is 5.93. The van der Waals surface area contributed by atoms with Gasteiger partial charge in [-0.3, -0.25) is 0 Å². The van der Waals surface area contributed by atoms with Crippen molar-refractivity contribution in [2.75, 3.05) is 18.0 Å². The Morgan fingerprint density at radius 3 is 2.08 bits per heavy atom. The van der Waals surface area contributed by atoms with Crippen LogP contribution in [-0.4, -0.2) is 18.1 Å². The molecule has 130 valence electrons. The van der Waals surface area contributed by atoms with Gasteiger partial charge < -0.3 is 4.90 Å². The average molecular weight is 332 g/mol. The van der Waals surface area contributed by atoms with Gasteiger partial charge >= 0.3 is 0 Å². The van der Waals surface area contributed by atoms with Crippen LogP contribution in [-0.2, 0) is 6.42 Å². The third-order valence-corrected chi connectivity index (χ3v) is 5.18. The van der Waals surface area contributed by atoms with E-state index in [9.17, 15) is 0 Å². The van der Waals surface area contributed by atoms with E-state index in [1.54, 1.807) is 0 Å². The lowest BCUT2D eigenvalue weighted by atomic mass is 9.99. The van der Waals surface area contributed by atoms with Crippen LogP contribution in [0.5, 0.6) is 0 Å². The molecule has 0 atom stereocenters. The van der Waals surface area contributed by atoms with Gasteiger partial charge in [0.1, 0.15) is 0 Å². The number of fused-ring (bicyclic) bond motifs is 1. The molecule has 0 radical (unpaired) electrons. The van der Waals surface area contributed by atoms with Crippen molar-refractivity contribution in [1.29, 1.82) is 0 Å². The summed E-state index contributed by atoms with van der Waals surface area (Å²) >= 11 is 0. The first-order valence-electron chi connectivity index (χ1n) is 9.33. The van der Waals surface area contributed by atoms with Crippen LogP contribution in [0.25, 0.3) is 22.2 Å². The molecule has 0 saturated carbocycles. The van der Waals surface area contributed by atoms with Crippen molar-refractivity contribution in [2.24, 2.45) is 0 Å². The normalized spacial score (nSPS) is 11.1. The van der Waals surface area contributed by atoms with Gasteiger partial charge in [0.05, 0.1) is 11.2 Å². The molecule has 3 rings (SSSR count). The molecule has 0 aliphatic heterocycles. The van der Waals surface area contributed by atoms with Crippen molar-refractivity contribution < 1.29 is 0 Å². The summed E-state index contributed by atoms with van der Waals surface area (Å²) in [7, 11) is 0. The smallest absolute Gasteiger partial charge is 0.0715 e. The maximum absolute atomic E-state index is 4.96. The Labute approximate surface area is 151 Å². The van der Waals surface area contributed by atoms with Crippen LogP contribution < -0.4 is 4.90 Å².